The number of hydrogen-bond donors (Lipinski definition) is 1. The first-order valence-electron chi connectivity index (χ1n) is 9.22. The van der Waals surface area contributed by atoms with Crippen molar-refractivity contribution < 1.29 is 13.6 Å². The van der Waals surface area contributed by atoms with Crippen LogP contribution in [0.4, 0.5) is 0 Å². The van der Waals surface area contributed by atoms with Crippen molar-refractivity contribution in [3.8, 4) is 0 Å². The number of aryl methyl sites for hydroxylation is 1. The first-order chi connectivity index (χ1) is 13.1. The second kappa shape index (κ2) is 7.40. The van der Waals surface area contributed by atoms with Crippen molar-refractivity contribution in [3.05, 3.63) is 70.0 Å². The monoisotopic (exact) mass is 366 g/mol. The maximum atomic E-state index is 12.6. The molecular formula is C21H22N2O4. The Morgan fingerprint density at radius 3 is 2.78 bits per heavy atom. The molecule has 1 aliphatic heterocycles. The summed E-state index contributed by atoms with van der Waals surface area (Å²) in [5.74, 6) is 0.455. The molecule has 2 aromatic heterocycles. The van der Waals surface area contributed by atoms with Gasteiger partial charge in [0.15, 0.2) is 11.2 Å². The minimum Gasteiger partial charge on any atom is -0.468 e. The summed E-state index contributed by atoms with van der Waals surface area (Å²) in [5, 5.41) is 3.37. The molecule has 140 valence electrons. The number of fused-ring (bicyclic) bond motifs is 1. The Bertz CT molecular complexity index is 1000. The van der Waals surface area contributed by atoms with Gasteiger partial charge in [-0.3, -0.25) is 14.5 Å². The van der Waals surface area contributed by atoms with Crippen LogP contribution in [0.2, 0.25) is 0 Å². The molecule has 27 heavy (non-hydrogen) atoms. The van der Waals surface area contributed by atoms with Crippen LogP contribution in [0.1, 0.15) is 40.8 Å². The van der Waals surface area contributed by atoms with Crippen LogP contribution in [0, 0.1) is 6.92 Å². The fourth-order valence-corrected chi connectivity index (χ4v) is 3.59. The van der Waals surface area contributed by atoms with Gasteiger partial charge in [0.25, 0.3) is 5.91 Å². The topological polar surface area (TPSA) is 75.7 Å². The van der Waals surface area contributed by atoms with E-state index in [2.05, 4.69) is 10.2 Å². The lowest BCUT2D eigenvalue weighted by Gasteiger charge is -2.25. The molecular weight excluding hydrogens is 344 g/mol. The van der Waals surface area contributed by atoms with Gasteiger partial charge in [-0.2, -0.15) is 0 Å². The van der Waals surface area contributed by atoms with E-state index in [1.165, 1.54) is 6.07 Å². The molecule has 1 aromatic carbocycles. The zero-order chi connectivity index (χ0) is 18.8. The van der Waals surface area contributed by atoms with Crippen molar-refractivity contribution in [1.29, 1.82) is 0 Å². The van der Waals surface area contributed by atoms with Gasteiger partial charge in [-0.1, -0.05) is 6.07 Å². The Morgan fingerprint density at radius 2 is 2.04 bits per heavy atom. The Kier molecular flexibility index (Phi) is 4.81. The van der Waals surface area contributed by atoms with Gasteiger partial charge in [0.05, 0.1) is 17.7 Å². The van der Waals surface area contributed by atoms with Crippen LogP contribution >= 0.6 is 0 Å². The molecule has 1 atom stereocenters. The van der Waals surface area contributed by atoms with Crippen LogP contribution in [-0.4, -0.2) is 30.4 Å². The molecule has 6 nitrogen and oxygen atoms in total. The SMILES string of the molecule is Cc1ccc2c(=O)cc(C(=O)NCC(c3ccco3)N3CCCC3)oc2c1. The van der Waals surface area contributed by atoms with Crippen molar-refractivity contribution in [3.63, 3.8) is 0 Å². The molecule has 3 aromatic rings. The molecule has 0 radical (unpaired) electrons. The van der Waals surface area contributed by atoms with Crippen LogP contribution < -0.4 is 10.7 Å². The summed E-state index contributed by atoms with van der Waals surface area (Å²) in [6.07, 6.45) is 3.93. The molecule has 6 heteroatoms. The van der Waals surface area contributed by atoms with Crippen molar-refractivity contribution in [2.75, 3.05) is 19.6 Å². The molecule has 0 aliphatic carbocycles. The third-order valence-corrected chi connectivity index (χ3v) is 5.02. The number of hydrogen-bond acceptors (Lipinski definition) is 5. The van der Waals surface area contributed by atoms with E-state index in [1.54, 1.807) is 18.4 Å². The Labute approximate surface area is 156 Å². The summed E-state index contributed by atoms with van der Waals surface area (Å²) in [6.45, 7) is 4.26. The normalized spacial score (nSPS) is 15.9. The number of amides is 1. The third-order valence-electron chi connectivity index (χ3n) is 5.02. The number of carbonyl (C=O) groups excluding carboxylic acids is 1. The zero-order valence-electron chi connectivity index (χ0n) is 15.2. The lowest BCUT2D eigenvalue weighted by molar-refractivity contribution is 0.0906. The zero-order valence-corrected chi connectivity index (χ0v) is 15.2. The highest BCUT2D eigenvalue weighted by molar-refractivity contribution is 5.93. The van der Waals surface area contributed by atoms with Crippen molar-refractivity contribution >= 4 is 16.9 Å². The third kappa shape index (κ3) is 3.66. The number of benzene rings is 1. The number of nitrogens with zero attached hydrogens (tertiary/aromatic N) is 1. The van der Waals surface area contributed by atoms with Crippen LogP contribution in [0.25, 0.3) is 11.0 Å². The summed E-state index contributed by atoms with van der Waals surface area (Å²) in [4.78, 5) is 27.2. The summed E-state index contributed by atoms with van der Waals surface area (Å²) in [5.41, 5.74) is 1.17. The number of rotatable bonds is 5. The highest BCUT2D eigenvalue weighted by Crippen LogP contribution is 2.25. The Hall–Kier alpha value is -2.86. The van der Waals surface area contributed by atoms with E-state index in [0.29, 0.717) is 17.5 Å². The minimum atomic E-state index is -0.397. The highest BCUT2D eigenvalue weighted by atomic mass is 16.3. The summed E-state index contributed by atoms with van der Waals surface area (Å²) in [7, 11) is 0. The van der Waals surface area contributed by atoms with E-state index in [0.717, 1.165) is 37.3 Å². The van der Waals surface area contributed by atoms with Crippen LogP contribution in [0.15, 0.2) is 56.3 Å². The number of likely N-dealkylation sites (tertiary alicyclic amines) is 1. The van der Waals surface area contributed by atoms with E-state index in [9.17, 15) is 9.59 Å². The fourth-order valence-electron chi connectivity index (χ4n) is 3.59. The molecule has 0 saturated carbocycles. The van der Waals surface area contributed by atoms with Crippen LogP contribution in [0.3, 0.4) is 0 Å². The standard InChI is InChI=1S/C21H22N2O4/c1-14-6-7-15-17(24)12-20(27-19(15)11-14)21(25)22-13-16(18-5-4-10-26-18)23-8-2-3-9-23/h4-7,10-12,16H,2-3,8-9,13H2,1H3,(H,22,25). The molecule has 1 aliphatic rings. The van der Waals surface area contributed by atoms with E-state index < -0.39 is 5.91 Å². The fraction of sp³-hybridized carbons (Fsp3) is 0.333. The van der Waals surface area contributed by atoms with E-state index in [4.69, 9.17) is 8.83 Å². The number of nitrogens with one attached hydrogen (secondary N) is 1. The Morgan fingerprint density at radius 1 is 1.22 bits per heavy atom. The van der Waals surface area contributed by atoms with Gasteiger partial charge in [-0.25, -0.2) is 0 Å². The van der Waals surface area contributed by atoms with Crippen LogP contribution in [0.5, 0.6) is 0 Å². The van der Waals surface area contributed by atoms with Gasteiger partial charge < -0.3 is 14.2 Å². The van der Waals surface area contributed by atoms with Gasteiger partial charge >= 0.3 is 0 Å². The van der Waals surface area contributed by atoms with Gasteiger partial charge in [0.1, 0.15) is 11.3 Å². The minimum absolute atomic E-state index is 0.0257. The maximum Gasteiger partial charge on any atom is 0.287 e. The lowest BCUT2D eigenvalue weighted by Crippen LogP contribution is -2.36. The van der Waals surface area contributed by atoms with Crippen molar-refractivity contribution in [2.45, 2.75) is 25.8 Å². The molecule has 0 bridgehead atoms. The molecule has 1 fully saturated rings. The molecule has 3 heterocycles. The number of carbonyl (C=O) groups is 1. The lowest BCUT2D eigenvalue weighted by atomic mass is 10.1. The average Bonchev–Trinajstić information content (AvgIpc) is 3.35. The average molecular weight is 366 g/mol. The molecule has 1 N–H and O–H groups in total. The Balaban J connectivity index is 1.54. The van der Waals surface area contributed by atoms with Gasteiger partial charge in [-0.15, -0.1) is 0 Å². The molecule has 1 unspecified atom stereocenters. The molecule has 1 amide bonds. The van der Waals surface area contributed by atoms with Crippen LogP contribution in [-0.2, 0) is 0 Å². The predicted octanol–water partition coefficient (Wildman–Crippen LogP) is 3.26. The maximum absolute atomic E-state index is 12.6. The molecule has 1 saturated heterocycles. The first-order valence-corrected chi connectivity index (χ1v) is 9.22. The summed E-state index contributed by atoms with van der Waals surface area (Å²) >= 11 is 0. The largest absolute Gasteiger partial charge is 0.468 e. The van der Waals surface area contributed by atoms with Gasteiger partial charge in [0.2, 0.25) is 0 Å². The van der Waals surface area contributed by atoms with Gasteiger partial charge in [-0.05, 0) is 62.7 Å². The first kappa shape index (κ1) is 17.5. The number of furan rings is 1. The summed E-state index contributed by atoms with van der Waals surface area (Å²) < 4.78 is 11.3. The quantitative estimate of drug-likeness (QED) is 0.750. The van der Waals surface area contributed by atoms with E-state index in [1.807, 2.05) is 25.1 Å². The smallest absolute Gasteiger partial charge is 0.287 e. The highest BCUT2D eigenvalue weighted by Gasteiger charge is 2.26. The molecule has 0 spiro atoms. The van der Waals surface area contributed by atoms with Crippen molar-refractivity contribution in [2.24, 2.45) is 0 Å². The molecule has 4 rings (SSSR count). The second-order valence-corrected chi connectivity index (χ2v) is 6.96. The van der Waals surface area contributed by atoms with E-state index in [-0.39, 0.29) is 17.2 Å². The predicted molar refractivity (Wildman–Crippen MR) is 102 cm³/mol. The van der Waals surface area contributed by atoms with E-state index >= 15 is 0 Å². The summed E-state index contributed by atoms with van der Waals surface area (Å²) in [6, 6.07) is 10.3. The van der Waals surface area contributed by atoms with Gasteiger partial charge in [0, 0.05) is 12.6 Å². The van der Waals surface area contributed by atoms with Crippen molar-refractivity contribution in [1.82, 2.24) is 10.2 Å². The second-order valence-electron chi connectivity index (χ2n) is 6.96.